The summed E-state index contributed by atoms with van der Waals surface area (Å²) in [7, 11) is -2.02. The SMILES string of the molecule is COc1ccccc1OCCNS(=O)(=O)c1ccccc1Br. The predicted octanol–water partition coefficient (Wildman–Crippen LogP) is 2.82. The molecule has 2 aromatic rings. The molecule has 0 bridgehead atoms. The molecule has 0 saturated carbocycles. The van der Waals surface area contributed by atoms with Crippen molar-refractivity contribution in [2.45, 2.75) is 4.90 Å². The highest BCUT2D eigenvalue weighted by atomic mass is 79.9. The van der Waals surface area contributed by atoms with Crippen molar-refractivity contribution >= 4 is 26.0 Å². The van der Waals surface area contributed by atoms with Gasteiger partial charge in [-0.05, 0) is 40.2 Å². The molecule has 118 valence electrons. The van der Waals surface area contributed by atoms with Crippen LogP contribution in [-0.4, -0.2) is 28.7 Å². The van der Waals surface area contributed by atoms with Crippen molar-refractivity contribution in [1.82, 2.24) is 4.72 Å². The number of para-hydroxylation sites is 2. The molecule has 0 aliphatic heterocycles. The van der Waals surface area contributed by atoms with E-state index >= 15 is 0 Å². The van der Waals surface area contributed by atoms with Gasteiger partial charge in [-0.25, -0.2) is 13.1 Å². The van der Waals surface area contributed by atoms with Gasteiger partial charge in [0.15, 0.2) is 11.5 Å². The number of ether oxygens (including phenoxy) is 2. The van der Waals surface area contributed by atoms with Crippen molar-refractivity contribution in [1.29, 1.82) is 0 Å². The first kappa shape index (κ1) is 16.8. The van der Waals surface area contributed by atoms with Crippen molar-refractivity contribution in [3.05, 3.63) is 53.0 Å². The summed E-state index contributed by atoms with van der Waals surface area (Å²) >= 11 is 3.23. The Morgan fingerprint density at radius 2 is 1.68 bits per heavy atom. The number of nitrogens with one attached hydrogen (secondary N) is 1. The van der Waals surface area contributed by atoms with Crippen molar-refractivity contribution in [2.24, 2.45) is 0 Å². The minimum atomic E-state index is -3.57. The van der Waals surface area contributed by atoms with Gasteiger partial charge < -0.3 is 9.47 Å². The monoisotopic (exact) mass is 385 g/mol. The van der Waals surface area contributed by atoms with E-state index in [2.05, 4.69) is 20.7 Å². The Balaban J connectivity index is 1.92. The first-order valence-electron chi connectivity index (χ1n) is 6.54. The number of hydrogen-bond acceptors (Lipinski definition) is 4. The number of benzene rings is 2. The number of sulfonamides is 1. The quantitative estimate of drug-likeness (QED) is 0.744. The zero-order valence-corrected chi connectivity index (χ0v) is 14.4. The van der Waals surface area contributed by atoms with E-state index in [1.165, 1.54) is 6.07 Å². The predicted molar refractivity (Wildman–Crippen MR) is 87.8 cm³/mol. The molecule has 1 N–H and O–H groups in total. The van der Waals surface area contributed by atoms with E-state index < -0.39 is 10.0 Å². The highest BCUT2D eigenvalue weighted by molar-refractivity contribution is 9.10. The van der Waals surface area contributed by atoms with Gasteiger partial charge in [0.1, 0.15) is 6.61 Å². The molecule has 0 fully saturated rings. The van der Waals surface area contributed by atoms with Gasteiger partial charge in [-0.15, -0.1) is 0 Å². The van der Waals surface area contributed by atoms with Crippen LogP contribution in [0.5, 0.6) is 11.5 Å². The summed E-state index contributed by atoms with van der Waals surface area (Å²) in [5.74, 6) is 1.18. The number of rotatable bonds is 7. The van der Waals surface area contributed by atoms with Gasteiger partial charge in [-0.1, -0.05) is 24.3 Å². The summed E-state index contributed by atoms with van der Waals surface area (Å²) in [5.41, 5.74) is 0. The summed E-state index contributed by atoms with van der Waals surface area (Å²) in [5, 5.41) is 0. The molecule has 0 amide bonds. The molecule has 0 aromatic heterocycles. The second kappa shape index (κ2) is 7.62. The Kier molecular flexibility index (Phi) is 5.82. The first-order chi connectivity index (χ1) is 10.5. The molecular formula is C15H16BrNO4S. The minimum Gasteiger partial charge on any atom is -0.493 e. The van der Waals surface area contributed by atoms with Crippen LogP contribution < -0.4 is 14.2 Å². The lowest BCUT2D eigenvalue weighted by molar-refractivity contribution is 0.298. The zero-order chi connectivity index (χ0) is 16.0. The van der Waals surface area contributed by atoms with Crippen molar-refractivity contribution in [3.63, 3.8) is 0 Å². The van der Waals surface area contributed by atoms with Gasteiger partial charge in [0, 0.05) is 11.0 Å². The highest BCUT2D eigenvalue weighted by Crippen LogP contribution is 2.25. The van der Waals surface area contributed by atoms with Crippen LogP contribution in [0, 0.1) is 0 Å². The van der Waals surface area contributed by atoms with Crippen LogP contribution in [0.2, 0.25) is 0 Å². The largest absolute Gasteiger partial charge is 0.493 e. The molecule has 5 nitrogen and oxygen atoms in total. The molecule has 0 saturated heterocycles. The van der Waals surface area contributed by atoms with Crippen LogP contribution >= 0.6 is 15.9 Å². The molecule has 0 radical (unpaired) electrons. The maximum absolute atomic E-state index is 12.2. The van der Waals surface area contributed by atoms with E-state index in [1.54, 1.807) is 37.4 Å². The van der Waals surface area contributed by atoms with E-state index in [-0.39, 0.29) is 18.0 Å². The fourth-order valence-electron chi connectivity index (χ4n) is 1.82. The lowest BCUT2D eigenvalue weighted by atomic mass is 10.3. The zero-order valence-electron chi connectivity index (χ0n) is 12.0. The van der Waals surface area contributed by atoms with Crippen molar-refractivity contribution in [2.75, 3.05) is 20.3 Å². The molecule has 2 rings (SSSR count). The number of halogens is 1. The molecule has 22 heavy (non-hydrogen) atoms. The molecule has 0 heterocycles. The minimum absolute atomic E-state index is 0.154. The van der Waals surface area contributed by atoms with Crippen molar-refractivity contribution < 1.29 is 17.9 Å². The second-order valence-electron chi connectivity index (χ2n) is 4.33. The van der Waals surface area contributed by atoms with Crippen LogP contribution in [0.4, 0.5) is 0 Å². The normalized spacial score (nSPS) is 11.2. The van der Waals surface area contributed by atoms with Crippen molar-refractivity contribution in [3.8, 4) is 11.5 Å². The maximum Gasteiger partial charge on any atom is 0.241 e. The highest BCUT2D eigenvalue weighted by Gasteiger charge is 2.16. The number of hydrogen-bond donors (Lipinski definition) is 1. The Morgan fingerprint density at radius 1 is 1.05 bits per heavy atom. The molecule has 0 spiro atoms. The van der Waals surface area contributed by atoms with Crippen LogP contribution in [-0.2, 0) is 10.0 Å². The van der Waals surface area contributed by atoms with E-state index in [0.29, 0.717) is 16.0 Å². The molecule has 0 aliphatic rings. The topological polar surface area (TPSA) is 64.6 Å². The third kappa shape index (κ3) is 4.22. The van der Waals surface area contributed by atoms with Gasteiger partial charge in [0.05, 0.1) is 12.0 Å². The summed E-state index contributed by atoms with van der Waals surface area (Å²) in [4.78, 5) is 0.201. The van der Waals surface area contributed by atoms with E-state index in [9.17, 15) is 8.42 Å². The average Bonchev–Trinajstić information content (AvgIpc) is 2.52. The van der Waals surface area contributed by atoms with Crippen LogP contribution in [0.25, 0.3) is 0 Å². The van der Waals surface area contributed by atoms with Gasteiger partial charge in [0.25, 0.3) is 0 Å². The molecule has 0 aliphatic carbocycles. The summed E-state index contributed by atoms with van der Waals surface area (Å²) in [6.07, 6.45) is 0. The Bertz CT molecular complexity index is 734. The van der Waals surface area contributed by atoms with Crippen LogP contribution in [0.15, 0.2) is 57.9 Å². The molecule has 7 heteroatoms. The summed E-state index contributed by atoms with van der Waals surface area (Å²) in [6.45, 7) is 0.353. The van der Waals surface area contributed by atoms with Gasteiger partial charge in [-0.3, -0.25) is 0 Å². The third-order valence-electron chi connectivity index (χ3n) is 2.85. The van der Waals surface area contributed by atoms with Gasteiger partial charge >= 0.3 is 0 Å². The lowest BCUT2D eigenvalue weighted by Crippen LogP contribution is -2.28. The standard InChI is InChI=1S/C15H16BrNO4S/c1-20-13-7-3-4-8-14(13)21-11-10-17-22(18,19)15-9-5-2-6-12(15)16/h2-9,17H,10-11H2,1H3. The maximum atomic E-state index is 12.2. The van der Waals surface area contributed by atoms with Crippen LogP contribution in [0.1, 0.15) is 0 Å². The summed E-state index contributed by atoms with van der Waals surface area (Å²) < 4.78 is 38.0. The lowest BCUT2D eigenvalue weighted by Gasteiger charge is -2.11. The summed E-state index contributed by atoms with van der Waals surface area (Å²) in [6, 6.07) is 13.8. The van der Waals surface area contributed by atoms with E-state index in [1.807, 2.05) is 12.1 Å². The average molecular weight is 386 g/mol. The van der Waals surface area contributed by atoms with E-state index in [4.69, 9.17) is 9.47 Å². The molecule has 2 aromatic carbocycles. The second-order valence-corrected chi connectivity index (χ2v) is 6.92. The Labute approximate surface area is 138 Å². The molecule has 0 unspecified atom stereocenters. The third-order valence-corrected chi connectivity index (χ3v) is 5.32. The fourth-order valence-corrected chi connectivity index (χ4v) is 3.83. The van der Waals surface area contributed by atoms with Gasteiger partial charge in [-0.2, -0.15) is 0 Å². The van der Waals surface area contributed by atoms with Crippen LogP contribution in [0.3, 0.4) is 0 Å². The number of methoxy groups -OCH3 is 1. The Morgan fingerprint density at radius 3 is 2.36 bits per heavy atom. The Hall–Kier alpha value is -1.57. The smallest absolute Gasteiger partial charge is 0.241 e. The van der Waals surface area contributed by atoms with Gasteiger partial charge in [0.2, 0.25) is 10.0 Å². The van der Waals surface area contributed by atoms with E-state index in [0.717, 1.165) is 0 Å². The first-order valence-corrected chi connectivity index (χ1v) is 8.82. The molecule has 0 atom stereocenters. The fraction of sp³-hybridized carbons (Fsp3) is 0.200. The molecular weight excluding hydrogens is 370 g/mol.